The minimum atomic E-state index is -0.166. The van der Waals surface area contributed by atoms with Gasteiger partial charge >= 0.3 is 6.03 Å². The standard InChI is InChI=1S/C16H24N2O5/c1-18(10-15-11-22-4-5-23-15)16(19)17-9-12-6-13(20-2)8-14(7-12)21-3/h6-8,15H,4-5,9-11H2,1-3H3,(H,17,19)/t15-/m1/s1. The van der Waals surface area contributed by atoms with Crippen LogP contribution in [0.2, 0.25) is 0 Å². The topological polar surface area (TPSA) is 69.3 Å². The van der Waals surface area contributed by atoms with Crippen LogP contribution in [0.25, 0.3) is 0 Å². The van der Waals surface area contributed by atoms with Crippen molar-refractivity contribution in [1.82, 2.24) is 10.2 Å². The highest BCUT2D eigenvalue weighted by atomic mass is 16.6. The van der Waals surface area contributed by atoms with Crippen molar-refractivity contribution >= 4 is 6.03 Å². The van der Waals surface area contributed by atoms with Gasteiger partial charge in [0.1, 0.15) is 11.5 Å². The second-order valence-corrected chi connectivity index (χ2v) is 5.33. The largest absolute Gasteiger partial charge is 0.497 e. The molecular formula is C16H24N2O5. The van der Waals surface area contributed by atoms with Crippen molar-refractivity contribution in [2.45, 2.75) is 12.6 Å². The summed E-state index contributed by atoms with van der Waals surface area (Å²) in [7, 11) is 4.92. The molecule has 0 aliphatic carbocycles. The maximum atomic E-state index is 12.2. The molecule has 7 heteroatoms. The third-order valence-corrected chi connectivity index (χ3v) is 3.56. The van der Waals surface area contributed by atoms with E-state index in [0.717, 1.165) is 5.56 Å². The number of carbonyl (C=O) groups is 1. The summed E-state index contributed by atoms with van der Waals surface area (Å²) in [6, 6.07) is 5.35. The Morgan fingerprint density at radius 1 is 1.26 bits per heavy atom. The molecule has 1 heterocycles. The molecule has 1 aliphatic heterocycles. The monoisotopic (exact) mass is 324 g/mol. The average molecular weight is 324 g/mol. The van der Waals surface area contributed by atoms with E-state index in [1.807, 2.05) is 12.1 Å². The van der Waals surface area contributed by atoms with E-state index in [1.165, 1.54) is 0 Å². The minimum absolute atomic E-state index is 0.0728. The number of methoxy groups -OCH3 is 2. The first kappa shape index (κ1) is 17.4. The van der Waals surface area contributed by atoms with Gasteiger partial charge < -0.3 is 29.2 Å². The van der Waals surface area contributed by atoms with Crippen molar-refractivity contribution in [2.24, 2.45) is 0 Å². The fourth-order valence-corrected chi connectivity index (χ4v) is 2.31. The van der Waals surface area contributed by atoms with Crippen molar-refractivity contribution < 1.29 is 23.7 Å². The van der Waals surface area contributed by atoms with Crippen LogP contribution in [-0.2, 0) is 16.0 Å². The van der Waals surface area contributed by atoms with Crippen LogP contribution >= 0.6 is 0 Å². The molecule has 0 spiro atoms. The van der Waals surface area contributed by atoms with Crippen LogP contribution in [0.4, 0.5) is 4.79 Å². The van der Waals surface area contributed by atoms with E-state index in [9.17, 15) is 4.79 Å². The fourth-order valence-electron chi connectivity index (χ4n) is 2.31. The molecule has 0 bridgehead atoms. The third kappa shape index (κ3) is 5.30. The number of amides is 2. The zero-order chi connectivity index (χ0) is 16.7. The minimum Gasteiger partial charge on any atom is -0.497 e. The molecule has 1 aromatic carbocycles. The van der Waals surface area contributed by atoms with Crippen molar-refractivity contribution in [2.75, 3.05) is 47.6 Å². The van der Waals surface area contributed by atoms with Gasteiger partial charge in [0.15, 0.2) is 0 Å². The first-order valence-corrected chi connectivity index (χ1v) is 7.52. The lowest BCUT2D eigenvalue weighted by Crippen LogP contribution is -2.44. The molecule has 1 N–H and O–H groups in total. The van der Waals surface area contributed by atoms with Crippen LogP contribution in [0.15, 0.2) is 18.2 Å². The Hall–Kier alpha value is -1.99. The van der Waals surface area contributed by atoms with Gasteiger partial charge in [-0.15, -0.1) is 0 Å². The Labute approximate surface area is 136 Å². The number of likely N-dealkylation sites (N-methyl/N-ethyl adjacent to an activating group) is 1. The molecular weight excluding hydrogens is 300 g/mol. The summed E-state index contributed by atoms with van der Waals surface area (Å²) < 4.78 is 21.3. The second kappa shape index (κ2) is 8.59. The molecule has 1 aliphatic rings. The Bertz CT molecular complexity index is 495. The first-order valence-electron chi connectivity index (χ1n) is 7.52. The van der Waals surface area contributed by atoms with E-state index in [1.54, 1.807) is 32.2 Å². The van der Waals surface area contributed by atoms with E-state index in [4.69, 9.17) is 18.9 Å². The van der Waals surface area contributed by atoms with Crippen molar-refractivity contribution in [3.8, 4) is 11.5 Å². The van der Waals surface area contributed by atoms with Crippen molar-refractivity contribution in [1.29, 1.82) is 0 Å². The van der Waals surface area contributed by atoms with Gasteiger partial charge in [0.05, 0.1) is 46.7 Å². The molecule has 0 radical (unpaired) electrons. The predicted octanol–water partition coefficient (Wildman–Crippen LogP) is 1.26. The highest BCUT2D eigenvalue weighted by Gasteiger charge is 2.19. The number of hydrogen-bond donors (Lipinski definition) is 1. The summed E-state index contributed by atoms with van der Waals surface area (Å²) in [5.74, 6) is 1.38. The van der Waals surface area contributed by atoms with E-state index in [-0.39, 0.29) is 12.1 Å². The SMILES string of the molecule is COc1cc(CNC(=O)N(C)C[C@@H]2COCCO2)cc(OC)c1. The molecule has 0 unspecified atom stereocenters. The number of urea groups is 1. The van der Waals surface area contributed by atoms with Gasteiger partial charge in [-0.2, -0.15) is 0 Å². The van der Waals surface area contributed by atoms with Crippen LogP contribution in [0.1, 0.15) is 5.56 Å². The molecule has 1 fully saturated rings. The van der Waals surface area contributed by atoms with Crippen LogP contribution in [0.5, 0.6) is 11.5 Å². The number of nitrogens with zero attached hydrogens (tertiary/aromatic N) is 1. The van der Waals surface area contributed by atoms with Gasteiger partial charge in [-0.25, -0.2) is 4.79 Å². The molecule has 0 aromatic heterocycles. The average Bonchev–Trinajstić information content (AvgIpc) is 2.60. The third-order valence-electron chi connectivity index (χ3n) is 3.56. The van der Waals surface area contributed by atoms with Gasteiger partial charge in [0.2, 0.25) is 0 Å². The lowest BCUT2D eigenvalue weighted by atomic mass is 10.2. The maximum absolute atomic E-state index is 12.2. The Morgan fingerprint density at radius 3 is 2.52 bits per heavy atom. The highest BCUT2D eigenvalue weighted by Crippen LogP contribution is 2.22. The quantitative estimate of drug-likeness (QED) is 0.853. The molecule has 23 heavy (non-hydrogen) atoms. The number of ether oxygens (including phenoxy) is 4. The summed E-state index contributed by atoms with van der Waals surface area (Å²) >= 11 is 0. The maximum Gasteiger partial charge on any atom is 0.317 e. The number of hydrogen-bond acceptors (Lipinski definition) is 5. The number of carbonyl (C=O) groups excluding carboxylic acids is 1. The smallest absolute Gasteiger partial charge is 0.317 e. The summed E-state index contributed by atoms with van der Waals surface area (Å²) in [4.78, 5) is 13.7. The molecule has 128 valence electrons. The number of benzene rings is 1. The van der Waals surface area contributed by atoms with Gasteiger partial charge in [-0.1, -0.05) is 0 Å². The van der Waals surface area contributed by atoms with Crippen LogP contribution in [0.3, 0.4) is 0 Å². The first-order chi connectivity index (χ1) is 11.1. The molecule has 1 aromatic rings. The Kier molecular flexibility index (Phi) is 6.49. The van der Waals surface area contributed by atoms with Gasteiger partial charge in [-0.3, -0.25) is 0 Å². The van der Waals surface area contributed by atoms with Crippen LogP contribution < -0.4 is 14.8 Å². The zero-order valence-corrected chi connectivity index (χ0v) is 13.8. The second-order valence-electron chi connectivity index (χ2n) is 5.33. The van der Waals surface area contributed by atoms with E-state index in [0.29, 0.717) is 44.4 Å². The summed E-state index contributed by atoms with van der Waals surface area (Å²) in [6.45, 7) is 2.59. The number of rotatable bonds is 6. The predicted molar refractivity (Wildman–Crippen MR) is 85.0 cm³/mol. The molecule has 7 nitrogen and oxygen atoms in total. The summed E-state index contributed by atoms with van der Waals surface area (Å²) in [5, 5.41) is 2.87. The molecule has 1 atom stereocenters. The van der Waals surface area contributed by atoms with Crippen LogP contribution in [-0.4, -0.2) is 64.7 Å². The molecule has 2 rings (SSSR count). The molecule has 0 saturated carbocycles. The lowest BCUT2D eigenvalue weighted by Gasteiger charge is -2.27. The van der Waals surface area contributed by atoms with Gasteiger partial charge in [0, 0.05) is 19.7 Å². The zero-order valence-electron chi connectivity index (χ0n) is 13.8. The lowest BCUT2D eigenvalue weighted by molar-refractivity contribution is -0.0928. The van der Waals surface area contributed by atoms with E-state index < -0.39 is 0 Å². The Morgan fingerprint density at radius 2 is 1.96 bits per heavy atom. The van der Waals surface area contributed by atoms with E-state index in [2.05, 4.69) is 5.32 Å². The van der Waals surface area contributed by atoms with Gasteiger partial charge in [0.25, 0.3) is 0 Å². The van der Waals surface area contributed by atoms with Crippen LogP contribution in [0, 0.1) is 0 Å². The highest BCUT2D eigenvalue weighted by molar-refractivity contribution is 5.73. The molecule has 1 saturated heterocycles. The van der Waals surface area contributed by atoms with Crippen molar-refractivity contribution in [3.05, 3.63) is 23.8 Å². The summed E-state index contributed by atoms with van der Waals surface area (Å²) in [6.07, 6.45) is -0.0728. The normalized spacial score (nSPS) is 17.4. The van der Waals surface area contributed by atoms with E-state index >= 15 is 0 Å². The fraction of sp³-hybridized carbons (Fsp3) is 0.562. The number of nitrogens with one attached hydrogen (secondary N) is 1. The Balaban J connectivity index is 1.85. The van der Waals surface area contributed by atoms with Gasteiger partial charge in [-0.05, 0) is 17.7 Å². The van der Waals surface area contributed by atoms with Crippen molar-refractivity contribution in [3.63, 3.8) is 0 Å². The molecule has 2 amide bonds. The summed E-state index contributed by atoms with van der Waals surface area (Å²) in [5.41, 5.74) is 0.903.